The van der Waals surface area contributed by atoms with Crippen molar-refractivity contribution in [2.45, 2.75) is 61.8 Å². The van der Waals surface area contributed by atoms with Crippen LogP contribution in [0.5, 0.6) is 5.75 Å². The van der Waals surface area contributed by atoms with E-state index in [1.807, 2.05) is 26.8 Å². The van der Waals surface area contributed by atoms with Crippen LogP contribution in [0.15, 0.2) is 18.2 Å². The molecule has 0 fully saturated rings. The topological polar surface area (TPSA) is 63.0 Å². The highest BCUT2D eigenvalue weighted by molar-refractivity contribution is 7.17. The number of thiazole rings is 1. The van der Waals surface area contributed by atoms with Crippen molar-refractivity contribution < 1.29 is 9.53 Å². The Hall–Kier alpha value is -2.19. The number of aryl methyl sites for hydroxylation is 1. The van der Waals surface area contributed by atoms with Gasteiger partial charge in [-0.3, -0.25) is 4.79 Å². The Morgan fingerprint density at radius 1 is 1.30 bits per heavy atom. The third-order valence-electron chi connectivity index (χ3n) is 3.04. The lowest BCUT2D eigenvalue weighted by molar-refractivity contribution is 0.102. The van der Waals surface area contributed by atoms with Gasteiger partial charge in [0, 0.05) is 12.5 Å². The lowest BCUT2D eigenvalue weighted by Gasteiger charge is -2.10. The zero-order valence-corrected chi connectivity index (χ0v) is 18.7. The molecule has 2 aromatic rings. The number of aromatic nitrogens is 1. The Morgan fingerprint density at radius 2 is 1.89 bits per heavy atom. The van der Waals surface area contributed by atoms with Crippen molar-refractivity contribution >= 4 is 17.1 Å². The van der Waals surface area contributed by atoms with Crippen molar-refractivity contribution in [2.75, 3.05) is 6.61 Å². The number of Topliss-reactive ketones (excluding diaryl/α,β-unsaturated/α-hetero) is 1. The van der Waals surface area contributed by atoms with E-state index in [4.69, 9.17) is 4.74 Å². The minimum Gasteiger partial charge on any atom is -0.492 e. The summed E-state index contributed by atoms with van der Waals surface area (Å²) in [6.07, 6.45) is 1.25. The first-order valence-corrected chi connectivity index (χ1v) is 10.3. The van der Waals surface area contributed by atoms with E-state index in [1.54, 1.807) is 12.1 Å². The quantitative estimate of drug-likeness (QED) is 0.537. The Balaban J connectivity index is 0.00000123. The van der Waals surface area contributed by atoms with Crippen LogP contribution in [0.25, 0.3) is 10.6 Å². The Labute approximate surface area is 168 Å². The predicted octanol–water partition coefficient (Wildman–Crippen LogP) is 6.67. The molecule has 0 bridgehead atoms. The number of benzene rings is 1. The maximum absolute atomic E-state index is 11.5. The highest BCUT2D eigenvalue weighted by atomic mass is 32.1. The van der Waals surface area contributed by atoms with Crippen LogP contribution in [0.3, 0.4) is 0 Å². The lowest BCUT2D eigenvalue weighted by atomic mass is 10.1. The second-order valence-electron chi connectivity index (χ2n) is 6.22. The molecule has 1 aromatic heterocycles. The van der Waals surface area contributed by atoms with Crippen LogP contribution < -0.4 is 4.74 Å². The van der Waals surface area contributed by atoms with Gasteiger partial charge >= 0.3 is 0 Å². The molecule has 2 rings (SSSR count). The molecule has 0 aliphatic heterocycles. The lowest BCUT2D eigenvalue weighted by Crippen LogP contribution is -2.05. The van der Waals surface area contributed by atoms with Gasteiger partial charge in [0.05, 0.1) is 22.7 Å². The monoisotopic (exact) mass is 388 g/mol. The third-order valence-corrected chi connectivity index (χ3v) is 4.34. The van der Waals surface area contributed by atoms with Crippen LogP contribution >= 0.6 is 11.3 Å². The van der Waals surface area contributed by atoms with Crippen molar-refractivity contribution in [1.82, 2.24) is 4.98 Å². The molecule has 0 N–H and O–H groups in total. The average Bonchev–Trinajstić information content (AvgIpc) is 3.04. The molecule has 1 aromatic carbocycles. The number of rotatable bonds is 5. The number of carbonyl (C=O) groups is 1. The second kappa shape index (κ2) is 13.1. The van der Waals surface area contributed by atoms with E-state index >= 15 is 0 Å². The first kappa shape index (κ1) is 24.8. The van der Waals surface area contributed by atoms with E-state index in [-0.39, 0.29) is 5.78 Å². The van der Waals surface area contributed by atoms with Gasteiger partial charge in [-0.1, -0.05) is 48.0 Å². The zero-order chi connectivity index (χ0) is 21.0. The standard InChI is InChI=1S/C17H18N2O2S.C3H8.C2H6/c1-10(2)9-21-15-6-5-13(7-14(15)8-18)17-19-11(3)16(22-17)12(4)20;1-3-2;1-2/h5-7,10H,9H2,1-4H3;3H2,1-2H3;1-2H3. The summed E-state index contributed by atoms with van der Waals surface area (Å²) in [5.41, 5.74) is 2.04. The third kappa shape index (κ3) is 7.92. The molecule has 0 spiro atoms. The van der Waals surface area contributed by atoms with Crippen molar-refractivity contribution in [2.24, 2.45) is 5.92 Å². The van der Waals surface area contributed by atoms with Crippen LogP contribution in [0.4, 0.5) is 0 Å². The molecule has 0 amide bonds. The average molecular weight is 389 g/mol. The van der Waals surface area contributed by atoms with E-state index in [0.29, 0.717) is 28.7 Å². The predicted molar refractivity (Wildman–Crippen MR) is 115 cm³/mol. The molecule has 0 unspecified atom stereocenters. The van der Waals surface area contributed by atoms with Crippen LogP contribution in [0.2, 0.25) is 0 Å². The smallest absolute Gasteiger partial charge is 0.171 e. The number of hydrogen-bond acceptors (Lipinski definition) is 5. The molecule has 0 saturated heterocycles. The molecule has 0 atom stereocenters. The van der Waals surface area contributed by atoms with Gasteiger partial charge in [0.2, 0.25) is 0 Å². The molecule has 0 aliphatic rings. The van der Waals surface area contributed by atoms with Crippen molar-refractivity contribution in [3.05, 3.63) is 34.3 Å². The fourth-order valence-electron chi connectivity index (χ4n) is 1.98. The van der Waals surface area contributed by atoms with E-state index in [1.165, 1.54) is 24.7 Å². The minimum atomic E-state index is 0.0126. The van der Waals surface area contributed by atoms with Crippen LogP contribution in [0.1, 0.15) is 75.8 Å². The molecule has 1 heterocycles. The maximum atomic E-state index is 11.5. The van der Waals surface area contributed by atoms with Gasteiger partial charge in [0.1, 0.15) is 16.8 Å². The summed E-state index contributed by atoms with van der Waals surface area (Å²) in [4.78, 5) is 16.6. The Kier molecular flexibility index (Phi) is 12.0. The second-order valence-corrected chi connectivity index (χ2v) is 7.22. The summed E-state index contributed by atoms with van der Waals surface area (Å²) in [6.45, 7) is 16.3. The Bertz CT molecular complexity index is 758. The number of nitrogens with zero attached hydrogens (tertiary/aromatic N) is 2. The van der Waals surface area contributed by atoms with Gasteiger partial charge in [0.15, 0.2) is 5.78 Å². The van der Waals surface area contributed by atoms with Crippen LogP contribution in [-0.4, -0.2) is 17.4 Å². The van der Waals surface area contributed by atoms with E-state index in [0.717, 1.165) is 16.3 Å². The van der Waals surface area contributed by atoms with Gasteiger partial charge in [-0.05, 0) is 31.0 Å². The van der Waals surface area contributed by atoms with Gasteiger partial charge in [-0.25, -0.2) is 4.98 Å². The first-order chi connectivity index (χ1) is 12.8. The normalized spacial score (nSPS) is 9.48. The Morgan fingerprint density at radius 3 is 2.33 bits per heavy atom. The fourth-order valence-corrected chi connectivity index (χ4v) is 2.94. The van der Waals surface area contributed by atoms with Crippen LogP contribution in [0, 0.1) is 24.2 Å². The highest BCUT2D eigenvalue weighted by Gasteiger charge is 2.14. The van der Waals surface area contributed by atoms with Crippen LogP contribution in [-0.2, 0) is 0 Å². The fraction of sp³-hybridized carbons (Fsp3) is 0.500. The van der Waals surface area contributed by atoms with E-state index in [9.17, 15) is 10.1 Å². The van der Waals surface area contributed by atoms with Crippen molar-refractivity contribution in [1.29, 1.82) is 5.26 Å². The SMILES string of the molecule is CC.CC(=O)c1sc(-c2ccc(OCC(C)C)c(C#N)c2)nc1C.CCC. The van der Waals surface area contributed by atoms with Gasteiger partial charge in [-0.2, -0.15) is 5.26 Å². The summed E-state index contributed by atoms with van der Waals surface area (Å²) in [5.74, 6) is 0.990. The molecule has 0 radical (unpaired) electrons. The molecule has 4 nitrogen and oxygen atoms in total. The minimum absolute atomic E-state index is 0.0126. The van der Waals surface area contributed by atoms with Crippen molar-refractivity contribution in [3.8, 4) is 22.4 Å². The van der Waals surface area contributed by atoms with Gasteiger partial charge in [-0.15, -0.1) is 11.3 Å². The number of nitriles is 1. The summed E-state index contributed by atoms with van der Waals surface area (Å²) >= 11 is 1.35. The van der Waals surface area contributed by atoms with E-state index < -0.39 is 0 Å². The number of ether oxygens (including phenoxy) is 1. The molecule has 0 aliphatic carbocycles. The molecule has 148 valence electrons. The van der Waals surface area contributed by atoms with Gasteiger partial charge in [0.25, 0.3) is 0 Å². The largest absolute Gasteiger partial charge is 0.492 e. The van der Waals surface area contributed by atoms with Crippen molar-refractivity contribution in [3.63, 3.8) is 0 Å². The maximum Gasteiger partial charge on any atom is 0.171 e. The summed E-state index contributed by atoms with van der Waals surface area (Å²) < 4.78 is 5.65. The summed E-state index contributed by atoms with van der Waals surface area (Å²) in [7, 11) is 0. The summed E-state index contributed by atoms with van der Waals surface area (Å²) in [5, 5.41) is 10.0. The number of ketones is 1. The first-order valence-electron chi connectivity index (χ1n) is 9.49. The van der Waals surface area contributed by atoms with E-state index in [2.05, 4.69) is 38.7 Å². The number of hydrogen-bond donors (Lipinski definition) is 0. The van der Waals surface area contributed by atoms with Gasteiger partial charge < -0.3 is 4.74 Å². The summed E-state index contributed by atoms with van der Waals surface area (Å²) in [6, 6.07) is 7.59. The highest BCUT2D eigenvalue weighted by Crippen LogP contribution is 2.31. The molecular formula is C22H32N2O2S. The zero-order valence-electron chi connectivity index (χ0n) is 17.8. The molecule has 27 heavy (non-hydrogen) atoms. The number of carbonyl (C=O) groups excluding carboxylic acids is 1. The molecular weight excluding hydrogens is 356 g/mol. The molecule has 0 saturated carbocycles. The molecule has 5 heteroatoms.